The molecule has 8 heteroatoms. The zero-order valence-electron chi connectivity index (χ0n) is 18.4. The highest BCUT2D eigenvalue weighted by atomic mass is 16.5. The summed E-state index contributed by atoms with van der Waals surface area (Å²) < 4.78 is 5.10. The third kappa shape index (κ3) is 5.42. The molecule has 0 saturated carbocycles. The molecular formula is C23H31N3O5. The van der Waals surface area contributed by atoms with Crippen molar-refractivity contribution < 1.29 is 23.9 Å². The molecule has 1 N–H and O–H groups in total. The quantitative estimate of drug-likeness (QED) is 0.700. The van der Waals surface area contributed by atoms with E-state index in [0.29, 0.717) is 37.5 Å². The lowest BCUT2D eigenvalue weighted by atomic mass is 9.97. The number of esters is 1. The van der Waals surface area contributed by atoms with Crippen LogP contribution in [0.2, 0.25) is 0 Å². The average molecular weight is 430 g/mol. The zero-order chi connectivity index (χ0) is 22.5. The van der Waals surface area contributed by atoms with Gasteiger partial charge in [-0.1, -0.05) is 0 Å². The predicted octanol–water partition coefficient (Wildman–Crippen LogP) is 2.30. The number of likely N-dealkylation sites (tertiary alicyclic amines) is 2. The van der Waals surface area contributed by atoms with Crippen LogP contribution in [0.3, 0.4) is 0 Å². The largest absolute Gasteiger partial charge is 0.466 e. The lowest BCUT2D eigenvalue weighted by Gasteiger charge is -2.31. The molecule has 2 aliphatic heterocycles. The van der Waals surface area contributed by atoms with Crippen LogP contribution in [0, 0.1) is 11.8 Å². The van der Waals surface area contributed by atoms with Gasteiger partial charge in [0.2, 0.25) is 11.8 Å². The third-order valence-electron chi connectivity index (χ3n) is 5.88. The van der Waals surface area contributed by atoms with Crippen LogP contribution < -0.4 is 5.32 Å². The summed E-state index contributed by atoms with van der Waals surface area (Å²) in [5.74, 6) is -1.23. The monoisotopic (exact) mass is 429 g/mol. The van der Waals surface area contributed by atoms with Crippen LogP contribution in [0.15, 0.2) is 24.3 Å². The Kier molecular flexibility index (Phi) is 7.30. The molecule has 2 heterocycles. The number of carbonyl (C=O) groups excluding carboxylic acids is 4. The van der Waals surface area contributed by atoms with E-state index in [2.05, 4.69) is 5.32 Å². The number of nitrogens with zero attached hydrogens (tertiary/aromatic N) is 2. The van der Waals surface area contributed by atoms with E-state index in [-0.39, 0.29) is 48.0 Å². The first-order valence-corrected chi connectivity index (χ1v) is 11.0. The molecule has 31 heavy (non-hydrogen) atoms. The van der Waals surface area contributed by atoms with Gasteiger partial charge in [0, 0.05) is 43.3 Å². The molecule has 2 saturated heterocycles. The molecule has 1 aromatic carbocycles. The Balaban J connectivity index is 1.57. The predicted molar refractivity (Wildman–Crippen MR) is 115 cm³/mol. The second-order valence-electron chi connectivity index (χ2n) is 8.45. The number of piperidine rings is 1. The second-order valence-corrected chi connectivity index (χ2v) is 8.45. The smallest absolute Gasteiger partial charge is 0.310 e. The molecule has 2 fully saturated rings. The number of ether oxygens (including phenoxy) is 1. The maximum atomic E-state index is 12.8. The van der Waals surface area contributed by atoms with Crippen molar-refractivity contribution in [2.45, 2.75) is 46.1 Å². The van der Waals surface area contributed by atoms with Gasteiger partial charge < -0.3 is 19.9 Å². The van der Waals surface area contributed by atoms with Crippen LogP contribution in [0.4, 0.5) is 5.69 Å². The number of hydrogen-bond donors (Lipinski definition) is 1. The molecule has 2 atom stereocenters. The van der Waals surface area contributed by atoms with E-state index in [0.717, 1.165) is 12.8 Å². The Morgan fingerprint density at radius 2 is 1.84 bits per heavy atom. The van der Waals surface area contributed by atoms with Crippen molar-refractivity contribution in [2.75, 3.05) is 31.6 Å². The summed E-state index contributed by atoms with van der Waals surface area (Å²) in [7, 11) is 0. The van der Waals surface area contributed by atoms with Crippen molar-refractivity contribution in [1.82, 2.24) is 9.80 Å². The first-order chi connectivity index (χ1) is 14.8. The number of benzene rings is 1. The number of nitrogens with one attached hydrogen (secondary N) is 1. The Bertz CT molecular complexity index is 836. The highest BCUT2D eigenvalue weighted by molar-refractivity contribution is 5.98. The number of hydrogen-bond acceptors (Lipinski definition) is 5. The molecule has 8 nitrogen and oxygen atoms in total. The van der Waals surface area contributed by atoms with Gasteiger partial charge in [-0.2, -0.15) is 0 Å². The van der Waals surface area contributed by atoms with E-state index in [1.807, 2.05) is 13.8 Å². The highest BCUT2D eigenvalue weighted by Crippen LogP contribution is 2.23. The van der Waals surface area contributed by atoms with Crippen molar-refractivity contribution in [1.29, 1.82) is 0 Å². The number of amides is 3. The van der Waals surface area contributed by atoms with Crippen molar-refractivity contribution in [3.63, 3.8) is 0 Å². The van der Waals surface area contributed by atoms with E-state index < -0.39 is 0 Å². The van der Waals surface area contributed by atoms with Crippen molar-refractivity contribution in [3.05, 3.63) is 29.8 Å². The maximum absolute atomic E-state index is 12.8. The fourth-order valence-corrected chi connectivity index (χ4v) is 4.14. The van der Waals surface area contributed by atoms with E-state index in [9.17, 15) is 19.2 Å². The molecule has 3 rings (SSSR count). The summed E-state index contributed by atoms with van der Waals surface area (Å²) in [5.41, 5.74) is 1.09. The molecule has 0 spiro atoms. The maximum Gasteiger partial charge on any atom is 0.310 e. The summed E-state index contributed by atoms with van der Waals surface area (Å²) in [6.45, 7) is 7.37. The van der Waals surface area contributed by atoms with Gasteiger partial charge in [-0.15, -0.1) is 0 Å². The molecule has 168 valence electrons. The highest BCUT2D eigenvalue weighted by Gasteiger charge is 2.35. The zero-order valence-corrected chi connectivity index (χ0v) is 18.4. The van der Waals surface area contributed by atoms with E-state index >= 15 is 0 Å². The van der Waals surface area contributed by atoms with Crippen LogP contribution in [0.5, 0.6) is 0 Å². The minimum Gasteiger partial charge on any atom is -0.466 e. The SMILES string of the molecule is CCOC(=O)C1CCCN(C(=O)c2ccc(NC(=O)C3CC(=O)N(C(C)C)C3)cc2)C1. The van der Waals surface area contributed by atoms with Crippen molar-refractivity contribution in [2.24, 2.45) is 11.8 Å². The summed E-state index contributed by atoms with van der Waals surface area (Å²) in [5, 5.41) is 2.84. The van der Waals surface area contributed by atoms with Crippen LogP contribution in [0.1, 0.15) is 50.4 Å². The second kappa shape index (κ2) is 9.94. The Morgan fingerprint density at radius 3 is 2.45 bits per heavy atom. The van der Waals surface area contributed by atoms with Crippen LogP contribution >= 0.6 is 0 Å². The van der Waals surface area contributed by atoms with Gasteiger partial charge >= 0.3 is 5.97 Å². The molecule has 1 aromatic rings. The molecular weight excluding hydrogens is 398 g/mol. The number of rotatable bonds is 6. The lowest BCUT2D eigenvalue weighted by Crippen LogP contribution is -2.42. The molecule has 2 aliphatic rings. The topological polar surface area (TPSA) is 96.0 Å². The van der Waals surface area contributed by atoms with Crippen LogP contribution in [0.25, 0.3) is 0 Å². The first-order valence-electron chi connectivity index (χ1n) is 11.0. The Hall–Kier alpha value is -2.90. The Labute approximate surface area is 182 Å². The standard InChI is InChI=1S/C23H31N3O5/c1-4-31-23(30)17-6-5-11-25(13-17)22(29)16-7-9-19(10-8-16)24-21(28)18-12-20(27)26(14-18)15(2)3/h7-10,15,17-18H,4-6,11-14H2,1-3H3,(H,24,28). The number of carbonyl (C=O) groups is 4. The van der Waals surface area contributed by atoms with Gasteiger partial charge in [-0.3, -0.25) is 19.2 Å². The van der Waals surface area contributed by atoms with Crippen LogP contribution in [-0.4, -0.2) is 65.8 Å². The van der Waals surface area contributed by atoms with Gasteiger partial charge in [0.05, 0.1) is 18.4 Å². The van der Waals surface area contributed by atoms with Crippen molar-refractivity contribution in [3.8, 4) is 0 Å². The van der Waals surface area contributed by atoms with Gasteiger partial charge in [0.15, 0.2) is 0 Å². The minimum atomic E-state index is -0.371. The van der Waals surface area contributed by atoms with Crippen LogP contribution in [-0.2, 0) is 19.1 Å². The number of anilines is 1. The van der Waals surface area contributed by atoms with E-state index in [1.54, 1.807) is 41.0 Å². The van der Waals surface area contributed by atoms with E-state index in [1.165, 1.54) is 0 Å². The van der Waals surface area contributed by atoms with Crippen molar-refractivity contribution >= 4 is 29.4 Å². The normalized spacial score (nSPS) is 21.4. The summed E-state index contributed by atoms with van der Waals surface area (Å²) in [4.78, 5) is 52.8. The lowest BCUT2D eigenvalue weighted by molar-refractivity contribution is -0.149. The molecule has 0 bridgehead atoms. The van der Waals surface area contributed by atoms with Gasteiger partial charge in [-0.25, -0.2) is 0 Å². The van der Waals surface area contributed by atoms with Gasteiger partial charge in [0.25, 0.3) is 5.91 Å². The molecule has 0 aliphatic carbocycles. The summed E-state index contributed by atoms with van der Waals surface area (Å²) in [6, 6.07) is 6.80. The Morgan fingerprint density at radius 1 is 1.13 bits per heavy atom. The molecule has 3 amide bonds. The van der Waals surface area contributed by atoms with E-state index in [4.69, 9.17) is 4.74 Å². The average Bonchev–Trinajstić information content (AvgIpc) is 3.16. The molecule has 0 aromatic heterocycles. The molecule has 2 unspecified atom stereocenters. The fraction of sp³-hybridized carbons (Fsp3) is 0.565. The fourth-order valence-electron chi connectivity index (χ4n) is 4.14. The van der Waals surface area contributed by atoms with Gasteiger partial charge in [-0.05, 0) is 57.9 Å². The molecule has 0 radical (unpaired) electrons. The first kappa shape index (κ1) is 22.8. The minimum absolute atomic E-state index is 0.00116. The third-order valence-corrected chi connectivity index (χ3v) is 5.88. The summed E-state index contributed by atoms with van der Waals surface area (Å²) >= 11 is 0. The summed E-state index contributed by atoms with van der Waals surface area (Å²) in [6.07, 6.45) is 1.71. The van der Waals surface area contributed by atoms with Gasteiger partial charge in [0.1, 0.15) is 0 Å².